The first-order chi connectivity index (χ1) is 0. The van der Waals surface area contributed by atoms with Gasteiger partial charge >= 0.3 is 34.4 Å². The van der Waals surface area contributed by atoms with Crippen LogP contribution in [-0.4, -0.2) is 22.8 Å². The third kappa shape index (κ3) is 12.2. The fraction of sp³-hybridized carbons (Fsp3) is 0. The van der Waals surface area contributed by atoms with E-state index in [1.807, 2.05) is 0 Å². The Hall–Kier alpha value is 0.972. The summed E-state index contributed by atoms with van der Waals surface area (Å²) in [5, 5.41) is 0. The van der Waals surface area contributed by atoms with Crippen molar-refractivity contribution in [2.45, 2.75) is 0 Å². The molecule has 0 atom stereocenters. The van der Waals surface area contributed by atoms with Gasteiger partial charge in [-0.05, 0) is 0 Å². The Bertz CT molecular complexity index is 6.00. The molecular formula is H2AlCuO2+3. The van der Waals surface area contributed by atoms with E-state index in [0.717, 1.165) is 0 Å². The third-order valence-electron chi connectivity index (χ3n) is 0. The molecular weight excluding hydrogens is 123 g/mol. The van der Waals surface area contributed by atoms with Crippen molar-refractivity contribution < 1.29 is 28.0 Å². The molecule has 25 valence electrons. The number of rotatable bonds is 0. The van der Waals surface area contributed by atoms with Crippen molar-refractivity contribution >= 4 is 17.4 Å². The van der Waals surface area contributed by atoms with Crippen LogP contribution < -0.4 is 0 Å². The molecule has 0 aliphatic heterocycles. The Morgan fingerprint density at radius 3 is 1.00 bits per heavy atom. The summed E-state index contributed by atoms with van der Waals surface area (Å²) in [4.78, 5) is 0. The van der Waals surface area contributed by atoms with E-state index in [9.17, 15) is 0 Å². The summed E-state index contributed by atoms with van der Waals surface area (Å²) in [6.07, 6.45) is 0. The molecule has 0 aromatic carbocycles. The topological polar surface area (TPSA) is 60.0 Å². The molecule has 0 spiro atoms. The van der Waals surface area contributed by atoms with Gasteiger partial charge in [-0.1, -0.05) is 0 Å². The maximum Gasteiger partial charge on any atom is 3.00 e. The van der Waals surface area contributed by atoms with Crippen LogP contribution in [0.3, 0.4) is 0 Å². The van der Waals surface area contributed by atoms with Crippen LogP contribution in [0.2, 0.25) is 0 Å². The van der Waals surface area contributed by atoms with Crippen molar-refractivity contribution in [3.05, 3.63) is 0 Å². The molecule has 0 bridgehead atoms. The molecule has 0 aromatic heterocycles. The van der Waals surface area contributed by atoms with Gasteiger partial charge in [-0.15, -0.1) is 0 Å². The Kier molecular flexibility index (Phi) is 771. The first-order valence-corrected chi connectivity index (χ1v) is 0. The normalized spacial score (nSPS) is 0. The van der Waals surface area contributed by atoms with Gasteiger partial charge in [-0.2, -0.15) is 0 Å². The monoisotopic (exact) mass is 124 g/mol. The zero-order valence-corrected chi connectivity index (χ0v) is 3.88. The second-order valence-corrected chi connectivity index (χ2v) is 0. The van der Waals surface area contributed by atoms with Gasteiger partial charge in [-0.3, -0.25) is 0 Å². The Morgan fingerprint density at radius 2 is 1.00 bits per heavy atom. The van der Waals surface area contributed by atoms with Gasteiger partial charge in [0.05, 0.1) is 0 Å². The van der Waals surface area contributed by atoms with Crippen LogP contribution in [0.15, 0.2) is 0 Å². The molecule has 2 N–H and O–H groups in total. The zero-order valence-electron chi connectivity index (χ0n) is 1.79. The van der Waals surface area contributed by atoms with E-state index in [1.165, 1.54) is 0 Å². The van der Waals surface area contributed by atoms with Crippen molar-refractivity contribution in [3.8, 4) is 0 Å². The van der Waals surface area contributed by atoms with Crippen LogP contribution in [0.25, 0.3) is 0 Å². The Labute approximate surface area is 45.8 Å². The molecule has 0 heterocycles. The minimum absolute atomic E-state index is 0. The van der Waals surface area contributed by atoms with Crippen molar-refractivity contribution in [1.29, 1.82) is 0 Å². The fourth-order valence-electron chi connectivity index (χ4n) is 0. The molecule has 4 heavy (non-hydrogen) atoms. The van der Waals surface area contributed by atoms with E-state index in [1.54, 1.807) is 0 Å². The largest absolute Gasteiger partial charge is 3.00 e. The summed E-state index contributed by atoms with van der Waals surface area (Å²) in [7, 11) is 0. The number of hydrogen-bond acceptors (Lipinski definition) is 0. The van der Waals surface area contributed by atoms with E-state index in [0.29, 0.717) is 0 Å². The van der Waals surface area contributed by atoms with Crippen molar-refractivity contribution in [3.63, 3.8) is 0 Å². The van der Waals surface area contributed by atoms with Crippen molar-refractivity contribution in [2.24, 2.45) is 0 Å². The Balaban J connectivity index is 0. The van der Waals surface area contributed by atoms with Crippen LogP contribution in [-0.2, 0) is 22.5 Å². The molecule has 0 aromatic rings. The summed E-state index contributed by atoms with van der Waals surface area (Å²) in [5.41, 5.74) is 0. The van der Waals surface area contributed by atoms with Gasteiger partial charge < -0.3 is 11.0 Å². The maximum absolute atomic E-state index is 0. The van der Waals surface area contributed by atoms with E-state index in [2.05, 4.69) is 0 Å². The summed E-state index contributed by atoms with van der Waals surface area (Å²) in [5.74, 6) is 0. The maximum atomic E-state index is 0. The predicted octanol–water partition coefficient (Wildman–Crippen LogP) is -1.33. The van der Waals surface area contributed by atoms with Crippen LogP contribution in [0.5, 0.6) is 0 Å². The average Bonchev–Trinajstić information content (AvgIpc) is 0. The quantitative estimate of drug-likeness (QED) is 0.360. The fourth-order valence-corrected chi connectivity index (χ4v) is 0. The third-order valence-corrected chi connectivity index (χ3v) is 0. The smallest absolute Gasteiger partial charge is 2.00 e. The first kappa shape index (κ1) is 83.0. The van der Waals surface area contributed by atoms with Crippen LogP contribution in [0.1, 0.15) is 0 Å². The standard InChI is InChI=1S/Al.Cu.H2O.O/h;;1H2;/q+3;+2;;-2. The van der Waals surface area contributed by atoms with Gasteiger partial charge in [0, 0.05) is 0 Å². The molecule has 0 saturated heterocycles. The summed E-state index contributed by atoms with van der Waals surface area (Å²) < 4.78 is 0. The van der Waals surface area contributed by atoms with E-state index < -0.39 is 0 Å². The minimum Gasteiger partial charge on any atom is -2.00 e. The molecule has 4 heteroatoms. The van der Waals surface area contributed by atoms with Crippen LogP contribution in [0, 0.1) is 0 Å². The average molecular weight is 125 g/mol. The summed E-state index contributed by atoms with van der Waals surface area (Å²) >= 11 is 0. The Morgan fingerprint density at radius 1 is 1.00 bits per heavy atom. The molecule has 2 nitrogen and oxygen atoms in total. The summed E-state index contributed by atoms with van der Waals surface area (Å²) in [6, 6.07) is 0. The molecule has 0 aliphatic carbocycles. The van der Waals surface area contributed by atoms with Gasteiger partial charge in [0.1, 0.15) is 0 Å². The zero-order chi connectivity index (χ0) is 0. The molecule has 1 radical (unpaired) electrons. The molecule has 0 saturated carbocycles. The molecule has 0 amide bonds. The minimum atomic E-state index is 0. The first-order valence-electron chi connectivity index (χ1n) is 0. The van der Waals surface area contributed by atoms with Gasteiger partial charge in [0.2, 0.25) is 0 Å². The second-order valence-electron chi connectivity index (χ2n) is 0. The van der Waals surface area contributed by atoms with Gasteiger partial charge in [0.25, 0.3) is 0 Å². The van der Waals surface area contributed by atoms with Gasteiger partial charge in [-0.25, -0.2) is 0 Å². The molecule has 0 rings (SSSR count). The van der Waals surface area contributed by atoms with Crippen molar-refractivity contribution in [1.82, 2.24) is 0 Å². The van der Waals surface area contributed by atoms with E-state index in [4.69, 9.17) is 0 Å². The van der Waals surface area contributed by atoms with Crippen LogP contribution >= 0.6 is 0 Å². The number of hydrogen-bond donors (Lipinski definition) is 0. The van der Waals surface area contributed by atoms with Gasteiger partial charge in [0.15, 0.2) is 0 Å². The molecule has 0 fully saturated rings. The van der Waals surface area contributed by atoms with E-state index in [-0.39, 0.29) is 45.4 Å². The SMILES string of the molecule is O.[Al+3].[Cu+2].[O-2]. The van der Waals surface area contributed by atoms with Crippen molar-refractivity contribution in [2.75, 3.05) is 0 Å². The van der Waals surface area contributed by atoms with Crippen LogP contribution in [0.4, 0.5) is 0 Å². The predicted molar refractivity (Wildman–Crippen MR) is 10.1 cm³/mol. The summed E-state index contributed by atoms with van der Waals surface area (Å²) in [6.45, 7) is 0. The van der Waals surface area contributed by atoms with E-state index >= 15 is 0 Å². The molecule has 0 aliphatic rings. The molecule has 0 unspecified atom stereocenters. The second kappa shape index (κ2) is 37.1.